The number of ether oxygens (including phenoxy) is 1. The van der Waals surface area contributed by atoms with Gasteiger partial charge in [0, 0.05) is 17.5 Å². The summed E-state index contributed by atoms with van der Waals surface area (Å²) in [6, 6.07) is 11.4. The lowest BCUT2D eigenvalue weighted by Crippen LogP contribution is -2.20. The first-order valence-corrected chi connectivity index (χ1v) is 11.3. The Bertz CT molecular complexity index is 1190. The van der Waals surface area contributed by atoms with Crippen molar-refractivity contribution in [2.45, 2.75) is 11.8 Å². The second-order valence-electron chi connectivity index (χ2n) is 6.36. The minimum Gasteiger partial charge on any atom is -0.451 e. The van der Waals surface area contributed by atoms with E-state index in [9.17, 15) is 22.4 Å². The number of hydrogen-bond donors (Lipinski definition) is 1. The van der Waals surface area contributed by atoms with Gasteiger partial charge in [-0.15, -0.1) is 11.3 Å². The van der Waals surface area contributed by atoms with Gasteiger partial charge >= 0.3 is 5.97 Å². The van der Waals surface area contributed by atoms with Gasteiger partial charge in [0.15, 0.2) is 16.4 Å². The number of aromatic nitrogens is 1. The number of esters is 1. The van der Waals surface area contributed by atoms with Crippen molar-refractivity contribution < 1.29 is 27.1 Å². The van der Waals surface area contributed by atoms with Crippen LogP contribution in [0.5, 0.6) is 0 Å². The van der Waals surface area contributed by atoms with E-state index in [1.54, 1.807) is 19.1 Å². The summed E-state index contributed by atoms with van der Waals surface area (Å²) >= 11 is 1.09. The molecule has 156 valence electrons. The zero-order chi connectivity index (χ0) is 21.9. The fraction of sp³-hybridized carbons (Fsp3) is 0.150. The number of rotatable bonds is 6. The van der Waals surface area contributed by atoms with E-state index < -0.39 is 28.3 Å². The number of thiazole rings is 1. The second-order valence-corrected chi connectivity index (χ2v) is 9.38. The Kier molecular flexibility index (Phi) is 6.28. The zero-order valence-electron chi connectivity index (χ0n) is 16.0. The molecule has 0 fully saturated rings. The van der Waals surface area contributed by atoms with Gasteiger partial charge in [0.25, 0.3) is 5.91 Å². The Balaban J connectivity index is 1.60. The summed E-state index contributed by atoms with van der Waals surface area (Å²) in [5, 5.41) is 3.06. The first-order chi connectivity index (χ1) is 14.1. The Hall–Kier alpha value is -3.11. The number of carbonyl (C=O) groups is 2. The number of sulfone groups is 1. The molecule has 0 aliphatic carbocycles. The van der Waals surface area contributed by atoms with Crippen molar-refractivity contribution in [1.82, 2.24) is 4.98 Å². The Morgan fingerprint density at radius 2 is 1.73 bits per heavy atom. The molecule has 1 N–H and O–H groups in total. The number of benzene rings is 2. The van der Waals surface area contributed by atoms with Crippen LogP contribution in [0.15, 0.2) is 53.4 Å². The molecule has 3 aromatic rings. The standard InChI is InChI=1S/C20H17FN2O5S2/c1-12-18(29-19(22-12)13-3-5-14(21)6-4-13)20(25)28-11-17(24)23-15-7-9-16(10-8-15)30(2,26)27/h3-10H,11H2,1-2H3,(H,23,24). The molecule has 0 radical (unpaired) electrons. The largest absolute Gasteiger partial charge is 0.451 e. The summed E-state index contributed by atoms with van der Waals surface area (Å²) in [6.45, 7) is 1.12. The van der Waals surface area contributed by atoms with Gasteiger partial charge in [-0.25, -0.2) is 22.6 Å². The molecule has 2 aromatic carbocycles. The molecular weight excluding hydrogens is 431 g/mol. The van der Waals surface area contributed by atoms with Crippen molar-refractivity contribution in [3.8, 4) is 10.6 Å². The van der Waals surface area contributed by atoms with E-state index in [1.165, 1.54) is 36.4 Å². The third kappa shape index (κ3) is 5.28. The van der Waals surface area contributed by atoms with E-state index in [1.807, 2.05) is 0 Å². The van der Waals surface area contributed by atoms with Crippen molar-refractivity contribution in [3.05, 3.63) is 64.9 Å². The molecule has 1 aromatic heterocycles. The molecule has 1 heterocycles. The Labute approximate surface area is 176 Å². The smallest absolute Gasteiger partial charge is 0.350 e. The molecule has 0 bridgehead atoms. The quantitative estimate of drug-likeness (QED) is 0.580. The number of nitrogens with one attached hydrogen (secondary N) is 1. The molecule has 1 amide bonds. The normalized spacial score (nSPS) is 11.2. The zero-order valence-corrected chi connectivity index (χ0v) is 17.6. The van der Waals surface area contributed by atoms with Crippen LogP contribution in [-0.2, 0) is 19.4 Å². The molecular formula is C20H17FN2O5S2. The number of aryl methyl sites for hydroxylation is 1. The molecule has 0 aliphatic rings. The predicted molar refractivity (Wildman–Crippen MR) is 111 cm³/mol. The summed E-state index contributed by atoms with van der Waals surface area (Å²) in [4.78, 5) is 29.0. The number of nitrogens with zero attached hydrogens (tertiary/aromatic N) is 1. The van der Waals surface area contributed by atoms with Crippen LogP contribution in [0.1, 0.15) is 15.4 Å². The van der Waals surface area contributed by atoms with Crippen molar-refractivity contribution >= 4 is 38.7 Å². The van der Waals surface area contributed by atoms with Gasteiger partial charge in [-0.2, -0.15) is 0 Å². The van der Waals surface area contributed by atoms with Crippen LogP contribution < -0.4 is 5.32 Å². The molecule has 30 heavy (non-hydrogen) atoms. The molecule has 0 unspecified atom stereocenters. The lowest BCUT2D eigenvalue weighted by molar-refractivity contribution is -0.119. The molecule has 0 atom stereocenters. The van der Waals surface area contributed by atoms with Crippen molar-refractivity contribution in [2.75, 3.05) is 18.2 Å². The highest BCUT2D eigenvalue weighted by atomic mass is 32.2. The number of amides is 1. The van der Waals surface area contributed by atoms with E-state index in [4.69, 9.17) is 4.74 Å². The van der Waals surface area contributed by atoms with Crippen LogP contribution in [0.25, 0.3) is 10.6 Å². The van der Waals surface area contributed by atoms with Crippen LogP contribution in [0.3, 0.4) is 0 Å². The maximum absolute atomic E-state index is 13.1. The van der Waals surface area contributed by atoms with Gasteiger partial charge in [-0.3, -0.25) is 4.79 Å². The van der Waals surface area contributed by atoms with Crippen LogP contribution >= 0.6 is 11.3 Å². The predicted octanol–water partition coefficient (Wildman–Crippen LogP) is 3.46. The van der Waals surface area contributed by atoms with Crippen LogP contribution in [0.2, 0.25) is 0 Å². The van der Waals surface area contributed by atoms with Gasteiger partial charge in [0.05, 0.1) is 10.6 Å². The first-order valence-electron chi connectivity index (χ1n) is 8.64. The SMILES string of the molecule is Cc1nc(-c2ccc(F)cc2)sc1C(=O)OCC(=O)Nc1ccc(S(C)(=O)=O)cc1. The molecule has 0 saturated carbocycles. The highest BCUT2D eigenvalue weighted by molar-refractivity contribution is 7.90. The molecule has 0 spiro atoms. The van der Waals surface area contributed by atoms with Crippen LogP contribution in [0.4, 0.5) is 10.1 Å². The molecule has 10 heteroatoms. The minimum atomic E-state index is -3.33. The maximum Gasteiger partial charge on any atom is 0.350 e. The monoisotopic (exact) mass is 448 g/mol. The minimum absolute atomic E-state index is 0.129. The molecule has 0 saturated heterocycles. The summed E-state index contributed by atoms with van der Waals surface area (Å²) < 4.78 is 41.0. The summed E-state index contributed by atoms with van der Waals surface area (Å²) in [7, 11) is -3.33. The van der Waals surface area contributed by atoms with E-state index in [2.05, 4.69) is 10.3 Å². The average molecular weight is 448 g/mol. The third-order valence-corrected chi connectivity index (χ3v) is 6.29. The number of halogens is 1. The van der Waals surface area contributed by atoms with E-state index in [-0.39, 0.29) is 15.6 Å². The number of hydrogen-bond acceptors (Lipinski definition) is 7. The third-order valence-electron chi connectivity index (χ3n) is 3.97. The molecule has 0 aliphatic heterocycles. The highest BCUT2D eigenvalue weighted by Gasteiger charge is 2.19. The molecule has 3 rings (SSSR count). The van der Waals surface area contributed by atoms with Crippen LogP contribution in [0, 0.1) is 12.7 Å². The maximum atomic E-state index is 13.1. The highest BCUT2D eigenvalue weighted by Crippen LogP contribution is 2.28. The van der Waals surface area contributed by atoms with Crippen molar-refractivity contribution in [3.63, 3.8) is 0 Å². The van der Waals surface area contributed by atoms with Gasteiger partial charge in [-0.1, -0.05) is 0 Å². The fourth-order valence-corrected chi connectivity index (χ4v) is 4.08. The fourth-order valence-electron chi connectivity index (χ4n) is 2.48. The van der Waals surface area contributed by atoms with Crippen molar-refractivity contribution in [2.24, 2.45) is 0 Å². The Morgan fingerprint density at radius 1 is 1.10 bits per heavy atom. The number of carbonyl (C=O) groups excluding carboxylic acids is 2. The van der Waals surface area contributed by atoms with E-state index in [0.717, 1.165) is 17.6 Å². The average Bonchev–Trinajstić information content (AvgIpc) is 3.08. The topological polar surface area (TPSA) is 102 Å². The van der Waals surface area contributed by atoms with Gasteiger partial charge < -0.3 is 10.1 Å². The lowest BCUT2D eigenvalue weighted by atomic mass is 10.2. The van der Waals surface area contributed by atoms with E-state index >= 15 is 0 Å². The van der Waals surface area contributed by atoms with Crippen LogP contribution in [-0.4, -0.2) is 38.1 Å². The number of anilines is 1. The first kappa shape index (κ1) is 21.6. The van der Waals surface area contributed by atoms with Gasteiger partial charge in [0.2, 0.25) is 0 Å². The van der Waals surface area contributed by atoms with E-state index in [0.29, 0.717) is 22.0 Å². The molecule has 7 nitrogen and oxygen atoms in total. The van der Waals surface area contributed by atoms with Gasteiger partial charge in [-0.05, 0) is 55.5 Å². The summed E-state index contributed by atoms with van der Waals surface area (Å²) in [5.41, 5.74) is 1.48. The second kappa shape index (κ2) is 8.72. The lowest BCUT2D eigenvalue weighted by Gasteiger charge is -2.07. The Morgan fingerprint density at radius 3 is 2.33 bits per heavy atom. The summed E-state index contributed by atoms with van der Waals surface area (Å²) in [6.07, 6.45) is 1.09. The van der Waals surface area contributed by atoms with Crippen molar-refractivity contribution in [1.29, 1.82) is 0 Å². The van der Waals surface area contributed by atoms with Gasteiger partial charge in [0.1, 0.15) is 15.7 Å². The summed E-state index contributed by atoms with van der Waals surface area (Å²) in [5.74, 6) is -1.64.